The Bertz CT molecular complexity index is 490. The van der Waals surface area contributed by atoms with E-state index in [1.807, 2.05) is 0 Å². The lowest BCUT2D eigenvalue weighted by Crippen LogP contribution is -2.21. The fourth-order valence-corrected chi connectivity index (χ4v) is 3.44. The zero-order valence-electron chi connectivity index (χ0n) is 9.14. The van der Waals surface area contributed by atoms with Crippen LogP contribution in [0.25, 0.3) is 0 Å². The van der Waals surface area contributed by atoms with Crippen LogP contribution in [0.1, 0.15) is 12.0 Å². The molecule has 0 radical (unpaired) electrons. The maximum atomic E-state index is 12.2. The van der Waals surface area contributed by atoms with Crippen molar-refractivity contribution in [2.45, 2.75) is 23.5 Å². The van der Waals surface area contributed by atoms with E-state index in [1.54, 1.807) is 25.1 Å². The molecule has 1 aromatic carbocycles. The number of benzene rings is 1. The van der Waals surface area contributed by atoms with Crippen molar-refractivity contribution >= 4 is 15.5 Å². The molecular formula is C11H15NO3S. The number of ether oxygens (including phenoxy) is 1. The molecule has 1 heterocycles. The molecule has 1 saturated heterocycles. The van der Waals surface area contributed by atoms with E-state index in [2.05, 4.69) is 0 Å². The van der Waals surface area contributed by atoms with E-state index in [1.165, 1.54) is 0 Å². The first kappa shape index (κ1) is 11.4. The Labute approximate surface area is 95.3 Å². The molecule has 1 aliphatic heterocycles. The molecule has 4 nitrogen and oxygen atoms in total. The first-order valence-corrected chi connectivity index (χ1v) is 6.74. The Balaban J connectivity index is 2.39. The van der Waals surface area contributed by atoms with Gasteiger partial charge in [-0.15, -0.1) is 0 Å². The number of hydrogen-bond acceptors (Lipinski definition) is 4. The fraction of sp³-hybridized carbons (Fsp3) is 0.455. The van der Waals surface area contributed by atoms with E-state index in [0.29, 0.717) is 30.2 Å². The van der Waals surface area contributed by atoms with Crippen LogP contribution in [-0.2, 0) is 14.6 Å². The largest absolute Gasteiger partial charge is 0.399 e. The van der Waals surface area contributed by atoms with Gasteiger partial charge in [0.2, 0.25) is 0 Å². The quantitative estimate of drug-likeness (QED) is 0.788. The second kappa shape index (κ2) is 4.07. The van der Waals surface area contributed by atoms with Crippen molar-refractivity contribution in [2.24, 2.45) is 0 Å². The number of anilines is 1. The van der Waals surface area contributed by atoms with Crippen LogP contribution in [0.2, 0.25) is 0 Å². The summed E-state index contributed by atoms with van der Waals surface area (Å²) < 4.78 is 29.5. The van der Waals surface area contributed by atoms with Crippen molar-refractivity contribution in [1.29, 1.82) is 0 Å². The molecule has 16 heavy (non-hydrogen) atoms. The zero-order chi connectivity index (χ0) is 11.8. The molecule has 1 atom stereocenters. The lowest BCUT2D eigenvalue weighted by atomic mass is 10.2. The normalized spacial score (nSPS) is 21.2. The van der Waals surface area contributed by atoms with Crippen molar-refractivity contribution in [2.75, 3.05) is 18.9 Å². The lowest BCUT2D eigenvalue weighted by molar-refractivity contribution is 0.198. The van der Waals surface area contributed by atoms with Crippen LogP contribution in [-0.4, -0.2) is 26.9 Å². The smallest absolute Gasteiger partial charge is 0.183 e. The van der Waals surface area contributed by atoms with E-state index in [-0.39, 0.29) is 0 Å². The van der Waals surface area contributed by atoms with Gasteiger partial charge >= 0.3 is 0 Å². The number of aryl methyl sites for hydroxylation is 1. The van der Waals surface area contributed by atoms with E-state index >= 15 is 0 Å². The number of rotatable bonds is 2. The van der Waals surface area contributed by atoms with Gasteiger partial charge in [-0.05, 0) is 37.1 Å². The van der Waals surface area contributed by atoms with Crippen LogP contribution >= 0.6 is 0 Å². The van der Waals surface area contributed by atoms with Crippen molar-refractivity contribution in [1.82, 2.24) is 0 Å². The summed E-state index contributed by atoms with van der Waals surface area (Å²) in [6.07, 6.45) is 0.575. The van der Waals surface area contributed by atoms with Crippen molar-refractivity contribution < 1.29 is 13.2 Å². The molecule has 0 amide bonds. The number of nitrogen functional groups attached to an aromatic ring is 1. The van der Waals surface area contributed by atoms with E-state index in [4.69, 9.17) is 10.5 Å². The van der Waals surface area contributed by atoms with Gasteiger partial charge in [0, 0.05) is 12.3 Å². The van der Waals surface area contributed by atoms with Gasteiger partial charge in [-0.25, -0.2) is 8.42 Å². The third-order valence-electron chi connectivity index (χ3n) is 2.90. The SMILES string of the molecule is Cc1cc(S(=O)(=O)C2CCOC2)ccc1N. The van der Waals surface area contributed by atoms with Gasteiger partial charge in [0.25, 0.3) is 0 Å². The van der Waals surface area contributed by atoms with Crippen LogP contribution in [0.4, 0.5) is 5.69 Å². The van der Waals surface area contributed by atoms with Gasteiger partial charge in [-0.2, -0.15) is 0 Å². The van der Waals surface area contributed by atoms with Crippen molar-refractivity contribution in [3.05, 3.63) is 23.8 Å². The third kappa shape index (κ3) is 1.92. The van der Waals surface area contributed by atoms with Gasteiger partial charge in [-0.3, -0.25) is 0 Å². The van der Waals surface area contributed by atoms with Crippen LogP contribution in [0, 0.1) is 6.92 Å². The third-order valence-corrected chi connectivity index (χ3v) is 5.06. The number of hydrogen-bond donors (Lipinski definition) is 1. The molecule has 0 aromatic heterocycles. The summed E-state index contributed by atoms with van der Waals surface area (Å²) in [5.41, 5.74) is 7.07. The highest BCUT2D eigenvalue weighted by atomic mass is 32.2. The minimum Gasteiger partial charge on any atom is -0.399 e. The molecule has 0 spiro atoms. The summed E-state index contributed by atoms with van der Waals surface area (Å²) >= 11 is 0. The topological polar surface area (TPSA) is 69.4 Å². The second-order valence-electron chi connectivity index (χ2n) is 4.05. The Kier molecular flexibility index (Phi) is 2.90. The Morgan fingerprint density at radius 1 is 1.44 bits per heavy atom. The summed E-state index contributed by atoms with van der Waals surface area (Å²) in [4.78, 5) is 0.342. The minimum atomic E-state index is -3.26. The summed E-state index contributed by atoms with van der Waals surface area (Å²) in [5.74, 6) is 0. The highest BCUT2D eigenvalue weighted by Gasteiger charge is 2.31. The molecule has 2 N–H and O–H groups in total. The highest BCUT2D eigenvalue weighted by molar-refractivity contribution is 7.92. The molecule has 1 fully saturated rings. The van der Waals surface area contributed by atoms with E-state index in [9.17, 15) is 8.42 Å². The second-order valence-corrected chi connectivity index (χ2v) is 6.28. The van der Waals surface area contributed by atoms with Gasteiger partial charge in [0.15, 0.2) is 9.84 Å². The van der Waals surface area contributed by atoms with E-state index in [0.717, 1.165) is 5.56 Å². The van der Waals surface area contributed by atoms with Gasteiger partial charge in [-0.1, -0.05) is 0 Å². The number of nitrogens with two attached hydrogens (primary N) is 1. The van der Waals surface area contributed by atoms with Crippen molar-refractivity contribution in [3.8, 4) is 0 Å². The Morgan fingerprint density at radius 3 is 2.75 bits per heavy atom. The molecule has 5 heteroatoms. The monoisotopic (exact) mass is 241 g/mol. The Hall–Kier alpha value is -1.07. The number of sulfone groups is 1. The molecule has 0 saturated carbocycles. The average Bonchev–Trinajstić information content (AvgIpc) is 2.75. The predicted molar refractivity (Wildman–Crippen MR) is 62.0 cm³/mol. The summed E-state index contributed by atoms with van der Waals surface area (Å²) in [6.45, 7) is 2.63. The maximum absolute atomic E-state index is 12.2. The molecule has 88 valence electrons. The first-order valence-electron chi connectivity index (χ1n) is 5.19. The van der Waals surface area contributed by atoms with Crippen LogP contribution in [0.3, 0.4) is 0 Å². The van der Waals surface area contributed by atoms with Gasteiger partial charge < -0.3 is 10.5 Å². The lowest BCUT2D eigenvalue weighted by Gasteiger charge is -2.11. The van der Waals surface area contributed by atoms with Crippen LogP contribution < -0.4 is 5.73 Å². The molecule has 1 aromatic rings. The molecule has 1 unspecified atom stereocenters. The summed E-state index contributed by atoms with van der Waals surface area (Å²) in [7, 11) is -3.26. The van der Waals surface area contributed by atoms with Gasteiger partial charge in [0.05, 0.1) is 16.8 Å². The molecule has 1 aliphatic rings. The predicted octanol–water partition coefficient (Wildman–Crippen LogP) is 1.14. The fourth-order valence-electron chi connectivity index (χ4n) is 1.78. The summed E-state index contributed by atoms with van der Waals surface area (Å²) in [5, 5.41) is -0.407. The van der Waals surface area contributed by atoms with Crippen molar-refractivity contribution in [3.63, 3.8) is 0 Å². The zero-order valence-corrected chi connectivity index (χ0v) is 9.96. The maximum Gasteiger partial charge on any atom is 0.183 e. The highest BCUT2D eigenvalue weighted by Crippen LogP contribution is 2.24. The molecule has 2 rings (SSSR count). The first-order chi connectivity index (χ1) is 7.51. The minimum absolute atomic E-state index is 0.297. The van der Waals surface area contributed by atoms with Crippen LogP contribution in [0.15, 0.2) is 23.1 Å². The molecule has 0 aliphatic carbocycles. The molecule has 0 bridgehead atoms. The average molecular weight is 241 g/mol. The van der Waals surface area contributed by atoms with E-state index < -0.39 is 15.1 Å². The molecular weight excluding hydrogens is 226 g/mol. The van der Waals surface area contributed by atoms with Gasteiger partial charge in [0.1, 0.15) is 0 Å². The van der Waals surface area contributed by atoms with Crippen LogP contribution in [0.5, 0.6) is 0 Å². The standard InChI is InChI=1S/C11H15NO3S/c1-8-6-9(2-3-11(8)12)16(13,14)10-4-5-15-7-10/h2-3,6,10H,4-5,7,12H2,1H3. The Morgan fingerprint density at radius 2 is 2.19 bits per heavy atom. The summed E-state index contributed by atoms with van der Waals surface area (Å²) in [6, 6.07) is 4.83.